The highest BCUT2D eigenvalue weighted by Gasteiger charge is 2.13. The van der Waals surface area contributed by atoms with Crippen LogP contribution in [0.1, 0.15) is 19.3 Å². The summed E-state index contributed by atoms with van der Waals surface area (Å²) < 4.78 is 10.5. The van der Waals surface area contributed by atoms with Gasteiger partial charge in [-0.1, -0.05) is 0 Å². The minimum atomic E-state index is 0.464. The molecule has 90 valence electrons. The second-order valence-corrected chi connectivity index (χ2v) is 3.94. The van der Waals surface area contributed by atoms with Crippen molar-refractivity contribution in [2.24, 2.45) is 0 Å². The zero-order valence-electron chi connectivity index (χ0n) is 9.76. The van der Waals surface area contributed by atoms with Crippen LogP contribution in [0.15, 0.2) is 0 Å². The topological polar surface area (TPSA) is 42.5 Å². The molecule has 1 aliphatic heterocycles. The van der Waals surface area contributed by atoms with Crippen LogP contribution < -0.4 is 10.6 Å². The Morgan fingerprint density at radius 3 is 2.87 bits per heavy atom. The molecule has 15 heavy (non-hydrogen) atoms. The predicted octanol–water partition coefficient (Wildman–Crippen LogP) is 0.381. The third kappa shape index (κ3) is 6.84. The molecule has 0 aromatic rings. The van der Waals surface area contributed by atoms with E-state index in [1.807, 2.05) is 0 Å². The van der Waals surface area contributed by atoms with Crippen LogP contribution in [0.3, 0.4) is 0 Å². The van der Waals surface area contributed by atoms with Crippen LogP contribution in [0, 0.1) is 0 Å². The standard InChI is InChI=1S/C11H24N2O2/c1-14-9-7-12-5-3-6-13-10-11-4-2-8-15-11/h11-13H,2-10H2,1H3/t11-/m1/s1. The van der Waals surface area contributed by atoms with Crippen molar-refractivity contribution in [2.45, 2.75) is 25.4 Å². The van der Waals surface area contributed by atoms with Crippen LogP contribution in [0.2, 0.25) is 0 Å². The highest BCUT2D eigenvalue weighted by molar-refractivity contribution is 4.67. The molecule has 1 heterocycles. The van der Waals surface area contributed by atoms with Crippen molar-refractivity contribution in [3.05, 3.63) is 0 Å². The Kier molecular flexibility index (Phi) is 7.83. The quantitative estimate of drug-likeness (QED) is 0.547. The summed E-state index contributed by atoms with van der Waals surface area (Å²) in [5, 5.41) is 6.74. The van der Waals surface area contributed by atoms with Gasteiger partial charge < -0.3 is 20.1 Å². The summed E-state index contributed by atoms with van der Waals surface area (Å²) in [6.45, 7) is 5.83. The van der Waals surface area contributed by atoms with Crippen molar-refractivity contribution in [1.82, 2.24) is 10.6 Å². The summed E-state index contributed by atoms with van der Waals surface area (Å²) in [7, 11) is 1.73. The molecule has 0 unspecified atom stereocenters. The maximum Gasteiger partial charge on any atom is 0.0700 e. The van der Waals surface area contributed by atoms with E-state index >= 15 is 0 Å². The Balaban J connectivity index is 1.73. The molecule has 0 aromatic heterocycles. The molecule has 4 heteroatoms. The van der Waals surface area contributed by atoms with E-state index in [0.717, 1.165) is 45.8 Å². The van der Waals surface area contributed by atoms with Gasteiger partial charge in [0.15, 0.2) is 0 Å². The predicted molar refractivity (Wildman–Crippen MR) is 61.2 cm³/mol. The van der Waals surface area contributed by atoms with Gasteiger partial charge in [-0.25, -0.2) is 0 Å². The molecule has 0 bridgehead atoms. The lowest BCUT2D eigenvalue weighted by Crippen LogP contribution is -2.29. The van der Waals surface area contributed by atoms with Crippen LogP contribution in [-0.2, 0) is 9.47 Å². The van der Waals surface area contributed by atoms with Crippen molar-refractivity contribution in [2.75, 3.05) is 46.5 Å². The van der Waals surface area contributed by atoms with Crippen molar-refractivity contribution in [3.8, 4) is 0 Å². The Bertz CT molecular complexity index is 139. The number of rotatable bonds is 9. The Morgan fingerprint density at radius 1 is 1.27 bits per heavy atom. The van der Waals surface area contributed by atoms with Crippen molar-refractivity contribution < 1.29 is 9.47 Å². The van der Waals surface area contributed by atoms with E-state index < -0.39 is 0 Å². The monoisotopic (exact) mass is 216 g/mol. The molecular weight excluding hydrogens is 192 g/mol. The van der Waals surface area contributed by atoms with E-state index in [9.17, 15) is 0 Å². The first-order valence-corrected chi connectivity index (χ1v) is 5.95. The Morgan fingerprint density at radius 2 is 2.13 bits per heavy atom. The molecule has 1 atom stereocenters. The van der Waals surface area contributed by atoms with Gasteiger partial charge in [-0.2, -0.15) is 0 Å². The fourth-order valence-electron chi connectivity index (χ4n) is 1.71. The minimum absolute atomic E-state index is 0.464. The SMILES string of the molecule is COCCNCCCNC[C@H]1CCCO1. The molecule has 1 fully saturated rings. The van der Waals surface area contributed by atoms with Crippen molar-refractivity contribution >= 4 is 0 Å². The van der Waals surface area contributed by atoms with Crippen molar-refractivity contribution in [1.29, 1.82) is 0 Å². The highest BCUT2D eigenvalue weighted by Crippen LogP contribution is 2.10. The number of hydrogen-bond acceptors (Lipinski definition) is 4. The van der Waals surface area contributed by atoms with Crippen LogP contribution >= 0.6 is 0 Å². The molecule has 0 saturated carbocycles. The molecule has 0 aromatic carbocycles. The summed E-state index contributed by atoms with van der Waals surface area (Å²) in [5.74, 6) is 0. The van der Waals surface area contributed by atoms with Crippen LogP contribution in [0.5, 0.6) is 0 Å². The van der Waals surface area contributed by atoms with Crippen LogP contribution in [-0.4, -0.2) is 52.6 Å². The van der Waals surface area contributed by atoms with Gasteiger partial charge in [0.1, 0.15) is 0 Å². The largest absolute Gasteiger partial charge is 0.383 e. The molecule has 0 radical (unpaired) electrons. The zero-order valence-corrected chi connectivity index (χ0v) is 9.76. The number of methoxy groups -OCH3 is 1. The van der Waals surface area contributed by atoms with E-state index in [1.165, 1.54) is 12.8 Å². The van der Waals surface area contributed by atoms with E-state index in [-0.39, 0.29) is 0 Å². The smallest absolute Gasteiger partial charge is 0.0700 e. The van der Waals surface area contributed by atoms with Gasteiger partial charge in [0, 0.05) is 26.8 Å². The highest BCUT2D eigenvalue weighted by atomic mass is 16.5. The van der Waals surface area contributed by atoms with Gasteiger partial charge in [-0.15, -0.1) is 0 Å². The first kappa shape index (κ1) is 12.9. The van der Waals surface area contributed by atoms with Gasteiger partial charge in [0.2, 0.25) is 0 Å². The molecule has 0 amide bonds. The molecule has 1 saturated heterocycles. The molecule has 2 N–H and O–H groups in total. The van der Waals surface area contributed by atoms with E-state index in [1.54, 1.807) is 7.11 Å². The second-order valence-electron chi connectivity index (χ2n) is 3.94. The summed E-state index contributed by atoms with van der Waals surface area (Å²) in [6.07, 6.45) is 4.08. The lowest BCUT2D eigenvalue weighted by Gasteiger charge is -2.10. The van der Waals surface area contributed by atoms with Gasteiger partial charge in [0.05, 0.1) is 12.7 Å². The third-order valence-corrected chi connectivity index (χ3v) is 2.59. The fourth-order valence-corrected chi connectivity index (χ4v) is 1.71. The third-order valence-electron chi connectivity index (χ3n) is 2.59. The van der Waals surface area contributed by atoms with E-state index in [0.29, 0.717) is 6.10 Å². The van der Waals surface area contributed by atoms with Gasteiger partial charge in [-0.3, -0.25) is 0 Å². The maximum absolute atomic E-state index is 5.52. The molecule has 0 aliphatic carbocycles. The van der Waals surface area contributed by atoms with Gasteiger partial charge in [-0.05, 0) is 32.4 Å². The first-order valence-electron chi connectivity index (χ1n) is 5.95. The number of hydrogen-bond donors (Lipinski definition) is 2. The molecule has 4 nitrogen and oxygen atoms in total. The zero-order chi connectivity index (χ0) is 10.8. The first-order chi connectivity index (χ1) is 7.43. The van der Waals surface area contributed by atoms with Gasteiger partial charge in [0.25, 0.3) is 0 Å². The maximum atomic E-state index is 5.52. The summed E-state index contributed by atoms with van der Waals surface area (Å²) in [6, 6.07) is 0. The lowest BCUT2D eigenvalue weighted by atomic mass is 10.2. The van der Waals surface area contributed by atoms with E-state index in [4.69, 9.17) is 9.47 Å². The molecule has 0 spiro atoms. The van der Waals surface area contributed by atoms with E-state index in [2.05, 4.69) is 10.6 Å². The summed E-state index contributed by atoms with van der Waals surface area (Å²) in [4.78, 5) is 0. The van der Waals surface area contributed by atoms with Crippen LogP contribution in [0.4, 0.5) is 0 Å². The van der Waals surface area contributed by atoms with Gasteiger partial charge >= 0.3 is 0 Å². The minimum Gasteiger partial charge on any atom is -0.383 e. The van der Waals surface area contributed by atoms with Crippen LogP contribution in [0.25, 0.3) is 0 Å². The summed E-state index contributed by atoms with van der Waals surface area (Å²) >= 11 is 0. The number of ether oxygens (including phenoxy) is 2. The lowest BCUT2D eigenvalue weighted by molar-refractivity contribution is 0.110. The number of nitrogens with one attached hydrogen (secondary N) is 2. The fraction of sp³-hybridized carbons (Fsp3) is 1.00. The average Bonchev–Trinajstić information content (AvgIpc) is 2.75. The molecule has 1 aliphatic rings. The molecule has 1 rings (SSSR count). The molecular formula is C11H24N2O2. The Hall–Kier alpha value is -0.160. The average molecular weight is 216 g/mol. The summed E-state index contributed by atoms with van der Waals surface area (Å²) in [5.41, 5.74) is 0. The Labute approximate surface area is 92.7 Å². The normalized spacial score (nSPS) is 21.0. The van der Waals surface area contributed by atoms with Crippen molar-refractivity contribution in [3.63, 3.8) is 0 Å². The second kappa shape index (κ2) is 9.09.